The van der Waals surface area contributed by atoms with Gasteiger partial charge >= 0.3 is 0 Å². The number of nitrogens with zero attached hydrogens (tertiary/aromatic N) is 2. The Bertz CT molecular complexity index is 713. The molecule has 20 heavy (non-hydrogen) atoms. The summed E-state index contributed by atoms with van der Waals surface area (Å²) in [4.78, 5) is 0.979. The molecule has 0 aliphatic rings. The van der Waals surface area contributed by atoms with E-state index in [0.29, 0.717) is 6.42 Å². The van der Waals surface area contributed by atoms with Crippen LogP contribution in [0.25, 0.3) is 10.9 Å². The number of aromatic nitrogens is 2. The summed E-state index contributed by atoms with van der Waals surface area (Å²) in [7, 11) is 0. The highest BCUT2D eigenvalue weighted by atomic mass is 32.1. The van der Waals surface area contributed by atoms with E-state index in [4.69, 9.17) is 0 Å². The zero-order valence-corrected chi connectivity index (χ0v) is 12.5. The van der Waals surface area contributed by atoms with Crippen molar-refractivity contribution in [1.29, 1.82) is 0 Å². The van der Waals surface area contributed by atoms with Gasteiger partial charge in [0.15, 0.2) is 0 Å². The number of aliphatic hydroxyl groups is 1. The molecule has 0 radical (unpaired) electrons. The van der Waals surface area contributed by atoms with Gasteiger partial charge in [0.1, 0.15) is 5.60 Å². The second-order valence-electron chi connectivity index (χ2n) is 5.21. The first kappa shape index (κ1) is 13.3. The smallest absolute Gasteiger partial charge is 0.102 e. The third kappa shape index (κ3) is 2.25. The standard InChI is InChI=1S/C16H18N2OS/c1-3-18-14-8-5-4-7-12(14)13(17-18)11-16(2,19)15-9-6-10-20-15/h4-10,19H,3,11H2,1-2H3. The molecule has 0 aliphatic heterocycles. The van der Waals surface area contributed by atoms with E-state index in [1.165, 1.54) is 0 Å². The fourth-order valence-corrected chi connectivity index (χ4v) is 3.35. The molecule has 1 N–H and O–H groups in total. The first-order valence-corrected chi connectivity index (χ1v) is 7.70. The van der Waals surface area contributed by atoms with Crippen LogP contribution in [-0.2, 0) is 18.6 Å². The van der Waals surface area contributed by atoms with Crippen molar-refractivity contribution in [3.63, 3.8) is 0 Å². The van der Waals surface area contributed by atoms with E-state index in [9.17, 15) is 5.11 Å². The van der Waals surface area contributed by atoms with Gasteiger partial charge < -0.3 is 5.11 Å². The summed E-state index contributed by atoms with van der Waals surface area (Å²) >= 11 is 1.58. The first-order valence-electron chi connectivity index (χ1n) is 6.82. The van der Waals surface area contributed by atoms with Crippen molar-refractivity contribution in [3.8, 4) is 0 Å². The number of hydrogen-bond donors (Lipinski definition) is 1. The van der Waals surface area contributed by atoms with Gasteiger partial charge in [-0.05, 0) is 31.4 Å². The maximum Gasteiger partial charge on any atom is 0.102 e. The zero-order valence-electron chi connectivity index (χ0n) is 11.7. The molecule has 2 aromatic heterocycles. The Balaban J connectivity index is 2.03. The van der Waals surface area contributed by atoms with Crippen molar-refractivity contribution >= 4 is 22.2 Å². The maximum absolute atomic E-state index is 10.7. The Morgan fingerprint density at radius 3 is 2.75 bits per heavy atom. The third-order valence-electron chi connectivity index (χ3n) is 3.60. The van der Waals surface area contributed by atoms with E-state index in [1.807, 2.05) is 41.3 Å². The van der Waals surface area contributed by atoms with Crippen molar-refractivity contribution in [2.75, 3.05) is 0 Å². The average Bonchev–Trinajstić information content (AvgIpc) is 3.07. The van der Waals surface area contributed by atoms with Gasteiger partial charge in [0, 0.05) is 23.2 Å². The lowest BCUT2D eigenvalue weighted by Crippen LogP contribution is -2.23. The molecule has 0 saturated carbocycles. The molecule has 0 aliphatic carbocycles. The van der Waals surface area contributed by atoms with E-state index in [2.05, 4.69) is 24.2 Å². The van der Waals surface area contributed by atoms with Gasteiger partial charge in [-0.25, -0.2) is 0 Å². The van der Waals surface area contributed by atoms with Crippen molar-refractivity contribution in [1.82, 2.24) is 9.78 Å². The fraction of sp³-hybridized carbons (Fsp3) is 0.312. The summed E-state index contributed by atoms with van der Waals surface area (Å²) in [6.07, 6.45) is 0.529. The molecule has 1 aromatic carbocycles. The van der Waals surface area contributed by atoms with Gasteiger partial charge in [-0.1, -0.05) is 24.3 Å². The zero-order chi connectivity index (χ0) is 14.2. The van der Waals surface area contributed by atoms with Crippen LogP contribution < -0.4 is 0 Å². The quantitative estimate of drug-likeness (QED) is 0.796. The molecule has 0 saturated heterocycles. The van der Waals surface area contributed by atoms with Crippen LogP contribution in [0.15, 0.2) is 41.8 Å². The Labute approximate surface area is 122 Å². The molecule has 0 amide bonds. The van der Waals surface area contributed by atoms with E-state index in [1.54, 1.807) is 11.3 Å². The van der Waals surface area contributed by atoms with Crippen LogP contribution in [-0.4, -0.2) is 14.9 Å². The molecular formula is C16H18N2OS. The lowest BCUT2D eigenvalue weighted by Gasteiger charge is -2.20. The highest BCUT2D eigenvalue weighted by Gasteiger charge is 2.27. The van der Waals surface area contributed by atoms with Crippen LogP contribution >= 0.6 is 11.3 Å². The van der Waals surface area contributed by atoms with Gasteiger partial charge in [-0.2, -0.15) is 5.10 Å². The molecule has 0 fully saturated rings. The fourth-order valence-electron chi connectivity index (χ4n) is 2.57. The van der Waals surface area contributed by atoms with Crippen LogP contribution in [0, 0.1) is 0 Å². The molecule has 104 valence electrons. The molecule has 3 rings (SSSR count). The first-order chi connectivity index (χ1) is 9.62. The van der Waals surface area contributed by atoms with E-state index in [-0.39, 0.29) is 0 Å². The molecule has 1 atom stereocenters. The minimum absolute atomic E-state index is 0.529. The van der Waals surface area contributed by atoms with Gasteiger partial charge in [0.05, 0.1) is 11.2 Å². The molecule has 3 nitrogen and oxygen atoms in total. The van der Waals surface area contributed by atoms with E-state index >= 15 is 0 Å². The number of rotatable bonds is 4. The summed E-state index contributed by atoms with van der Waals surface area (Å²) in [5.41, 5.74) is 1.22. The molecule has 2 heterocycles. The molecule has 4 heteroatoms. The van der Waals surface area contributed by atoms with Crippen molar-refractivity contribution in [2.45, 2.75) is 32.4 Å². The minimum atomic E-state index is -0.871. The number of para-hydroxylation sites is 1. The van der Waals surface area contributed by atoms with Crippen LogP contribution in [0.4, 0.5) is 0 Å². The second-order valence-corrected chi connectivity index (χ2v) is 6.16. The minimum Gasteiger partial charge on any atom is -0.384 e. The van der Waals surface area contributed by atoms with E-state index < -0.39 is 5.60 Å². The van der Waals surface area contributed by atoms with Gasteiger partial charge in [0.25, 0.3) is 0 Å². The molecule has 1 unspecified atom stereocenters. The number of aryl methyl sites for hydroxylation is 1. The highest BCUT2D eigenvalue weighted by molar-refractivity contribution is 7.10. The Hall–Kier alpha value is -1.65. The maximum atomic E-state index is 10.7. The predicted molar refractivity (Wildman–Crippen MR) is 83.0 cm³/mol. The second kappa shape index (κ2) is 5.04. The van der Waals surface area contributed by atoms with Crippen molar-refractivity contribution < 1.29 is 5.11 Å². The largest absolute Gasteiger partial charge is 0.384 e. The number of fused-ring (bicyclic) bond motifs is 1. The van der Waals surface area contributed by atoms with Gasteiger partial charge in [-0.15, -0.1) is 11.3 Å². The van der Waals surface area contributed by atoms with Crippen LogP contribution in [0.2, 0.25) is 0 Å². The number of benzene rings is 1. The van der Waals surface area contributed by atoms with Crippen LogP contribution in [0.1, 0.15) is 24.4 Å². The number of hydrogen-bond acceptors (Lipinski definition) is 3. The molecule has 3 aromatic rings. The Morgan fingerprint density at radius 2 is 2.05 bits per heavy atom. The summed E-state index contributed by atoms with van der Waals surface area (Å²) in [6.45, 7) is 4.78. The summed E-state index contributed by atoms with van der Waals surface area (Å²) in [5.74, 6) is 0. The van der Waals surface area contributed by atoms with Crippen molar-refractivity contribution in [2.24, 2.45) is 0 Å². The van der Waals surface area contributed by atoms with Crippen molar-refractivity contribution in [3.05, 3.63) is 52.3 Å². The molecular weight excluding hydrogens is 268 g/mol. The van der Waals surface area contributed by atoms with E-state index in [0.717, 1.165) is 28.0 Å². The molecule has 0 spiro atoms. The lowest BCUT2D eigenvalue weighted by molar-refractivity contribution is 0.0606. The predicted octanol–water partition coefficient (Wildman–Crippen LogP) is 3.57. The topological polar surface area (TPSA) is 38.0 Å². The third-order valence-corrected chi connectivity index (χ3v) is 4.72. The lowest BCUT2D eigenvalue weighted by atomic mass is 9.97. The highest BCUT2D eigenvalue weighted by Crippen LogP contribution is 2.31. The summed E-state index contributed by atoms with van der Waals surface area (Å²) in [6, 6.07) is 12.1. The normalized spacial score (nSPS) is 14.6. The number of thiophene rings is 1. The van der Waals surface area contributed by atoms with Crippen LogP contribution in [0.3, 0.4) is 0 Å². The molecule has 0 bridgehead atoms. The average molecular weight is 286 g/mol. The summed E-state index contributed by atoms with van der Waals surface area (Å²) < 4.78 is 2.00. The van der Waals surface area contributed by atoms with Gasteiger partial charge in [0.2, 0.25) is 0 Å². The Morgan fingerprint density at radius 1 is 1.25 bits per heavy atom. The van der Waals surface area contributed by atoms with Gasteiger partial charge in [-0.3, -0.25) is 4.68 Å². The monoisotopic (exact) mass is 286 g/mol. The van der Waals surface area contributed by atoms with Crippen LogP contribution in [0.5, 0.6) is 0 Å². The SMILES string of the molecule is CCn1nc(CC(C)(O)c2cccs2)c2ccccc21. The Kier molecular flexibility index (Phi) is 3.36. The summed E-state index contributed by atoms with van der Waals surface area (Å²) in [5, 5.41) is 18.5.